The molecule has 0 aliphatic carbocycles. The number of pyridine rings is 1. The maximum absolute atomic E-state index is 12.4. The number of carbonyl (C=O) groups is 2. The fraction of sp³-hybridized carbons (Fsp3) is 0.158. The highest BCUT2D eigenvalue weighted by molar-refractivity contribution is 6.05. The highest BCUT2D eigenvalue weighted by Crippen LogP contribution is 2.15. The Morgan fingerprint density at radius 3 is 2.08 bits per heavy atom. The van der Waals surface area contributed by atoms with Gasteiger partial charge in [0.1, 0.15) is 17.1 Å². The van der Waals surface area contributed by atoms with E-state index < -0.39 is 5.91 Å². The quantitative estimate of drug-likeness (QED) is 0.750. The molecule has 3 rings (SSSR count). The molecule has 7 heteroatoms. The molecule has 0 aliphatic rings. The summed E-state index contributed by atoms with van der Waals surface area (Å²) in [5.74, 6) is 0.00973. The van der Waals surface area contributed by atoms with Gasteiger partial charge in [0.15, 0.2) is 5.82 Å². The van der Waals surface area contributed by atoms with Gasteiger partial charge >= 0.3 is 0 Å². The van der Waals surface area contributed by atoms with E-state index in [1.54, 1.807) is 25.1 Å². The molecule has 26 heavy (non-hydrogen) atoms. The van der Waals surface area contributed by atoms with Gasteiger partial charge in [0.05, 0.1) is 0 Å². The minimum absolute atomic E-state index is 0.110. The van der Waals surface area contributed by atoms with Crippen molar-refractivity contribution in [1.82, 2.24) is 10.1 Å². The molecule has 0 atom stereocenters. The zero-order chi connectivity index (χ0) is 18.7. The van der Waals surface area contributed by atoms with Crippen molar-refractivity contribution in [3.05, 3.63) is 70.7 Å². The number of benzene rings is 1. The first-order valence-corrected chi connectivity index (χ1v) is 8.02. The van der Waals surface area contributed by atoms with E-state index in [-0.39, 0.29) is 17.3 Å². The van der Waals surface area contributed by atoms with Crippen molar-refractivity contribution >= 4 is 23.3 Å². The van der Waals surface area contributed by atoms with Crippen LogP contribution in [0.25, 0.3) is 0 Å². The van der Waals surface area contributed by atoms with Gasteiger partial charge in [-0.2, -0.15) is 0 Å². The van der Waals surface area contributed by atoms with Crippen LogP contribution in [0.15, 0.2) is 47.0 Å². The lowest BCUT2D eigenvalue weighted by Gasteiger charge is -2.08. The van der Waals surface area contributed by atoms with Crippen LogP contribution >= 0.6 is 0 Å². The number of anilines is 2. The Labute approximate surface area is 150 Å². The molecule has 2 heterocycles. The Morgan fingerprint density at radius 1 is 0.885 bits per heavy atom. The lowest BCUT2D eigenvalue weighted by Crippen LogP contribution is -2.18. The summed E-state index contributed by atoms with van der Waals surface area (Å²) in [6.07, 6.45) is 0. The van der Waals surface area contributed by atoms with Crippen LogP contribution in [-0.2, 0) is 0 Å². The second-order valence-electron chi connectivity index (χ2n) is 6.02. The summed E-state index contributed by atoms with van der Waals surface area (Å²) in [6, 6.07) is 12.0. The molecule has 1 aromatic carbocycles. The number of aryl methyl sites for hydroxylation is 3. The summed E-state index contributed by atoms with van der Waals surface area (Å²) in [5, 5.41) is 9.07. The highest BCUT2D eigenvalue weighted by atomic mass is 16.5. The SMILES string of the molecule is Cc1cc(C)cc(NC(=O)c2cccc(C(=O)Nc3cc(C)on3)n2)c1. The van der Waals surface area contributed by atoms with E-state index in [9.17, 15) is 9.59 Å². The first kappa shape index (κ1) is 17.3. The molecular weight excluding hydrogens is 332 g/mol. The fourth-order valence-electron chi connectivity index (χ4n) is 2.54. The second-order valence-corrected chi connectivity index (χ2v) is 6.02. The standard InChI is InChI=1S/C19H18N4O3/c1-11-7-12(2)9-14(8-11)20-18(24)15-5-4-6-16(21-15)19(25)22-17-10-13(3)26-23-17/h4-10H,1-3H3,(H,20,24)(H,22,23,25). The van der Waals surface area contributed by atoms with Crippen LogP contribution in [-0.4, -0.2) is 22.0 Å². The molecule has 132 valence electrons. The predicted molar refractivity (Wildman–Crippen MR) is 97.3 cm³/mol. The first-order chi connectivity index (χ1) is 12.4. The van der Waals surface area contributed by atoms with Gasteiger partial charge in [0.2, 0.25) is 0 Å². The number of hydrogen-bond acceptors (Lipinski definition) is 5. The zero-order valence-electron chi connectivity index (χ0n) is 14.7. The molecule has 0 unspecified atom stereocenters. The number of nitrogens with zero attached hydrogens (tertiary/aromatic N) is 2. The van der Waals surface area contributed by atoms with Crippen LogP contribution in [0.5, 0.6) is 0 Å². The van der Waals surface area contributed by atoms with Crippen molar-refractivity contribution in [3.8, 4) is 0 Å². The van der Waals surface area contributed by atoms with Crippen molar-refractivity contribution in [3.63, 3.8) is 0 Å². The molecule has 2 N–H and O–H groups in total. The van der Waals surface area contributed by atoms with Crippen molar-refractivity contribution in [2.75, 3.05) is 10.6 Å². The lowest BCUT2D eigenvalue weighted by atomic mass is 10.1. The van der Waals surface area contributed by atoms with Gasteiger partial charge in [-0.15, -0.1) is 0 Å². The van der Waals surface area contributed by atoms with E-state index in [0.29, 0.717) is 17.3 Å². The summed E-state index contributed by atoms with van der Waals surface area (Å²) >= 11 is 0. The topological polar surface area (TPSA) is 97.1 Å². The summed E-state index contributed by atoms with van der Waals surface area (Å²) in [4.78, 5) is 28.8. The number of carbonyl (C=O) groups excluding carboxylic acids is 2. The van der Waals surface area contributed by atoms with E-state index >= 15 is 0 Å². The van der Waals surface area contributed by atoms with E-state index in [0.717, 1.165) is 11.1 Å². The molecule has 0 aliphatic heterocycles. The largest absolute Gasteiger partial charge is 0.360 e. The molecule has 3 aromatic rings. The molecule has 0 radical (unpaired) electrons. The van der Waals surface area contributed by atoms with E-state index in [1.807, 2.05) is 32.0 Å². The summed E-state index contributed by atoms with van der Waals surface area (Å²) in [7, 11) is 0. The van der Waals surface area contributed by atoms with E-state index in [2.05, 4.69) is 20.8 Å². The smallest absolute Gasteiger partial charge is 0.275 e. The third-order valence-electron chi connectivity index (χ3n) is 3.56. The Balaban J connectivity index is 1.75. The van der Waals surface area contributed by atoms with Gasteiger partial charge in [-0.1, -0.05) is 17.3 Å². The lowest BCUT2D eigenvalue weighted by molar-refractivity contribution is 0.101. The molecule has 0 spiro atoms. The van der Waals surface area contributed by atoms with E-state index in [4.69, 9.17) is 4.52 Å². The zero-order valence-corrected chi connectivity index (χ0v) is 14.7. The average Bonchev–Trinajstić information content (AvgIpc) is 2.99. The number of nitrogens with one attached hydrogen (secondary N) is 2. The molecule has 0 saturated heterocycles. The predicted octanol–water partition coefficient (Wildman–Crippen LogP) is 3.50. The van der Waals surface area contributed by atoms with Crippen molar-refractivity contribution in [2.24, 2.45) is 0 Å². The molecule has 7 nitrogen and oxygen atoms in total. The van der Waals surface area contributed by atoms with Crippen molar-refractivity contribution in [1.29, 1.82) is 0 Å². The van der Waals surface area contributed by atoms with Crippen LogP contribution in [0, 0.1) is 20.8 Å². The minimum atomic E-state index is -0.473. The monoisotopic (exact) mass is 350 g/mol. The van der Waals surface area contributed by atoms with Crippen LogP contribution in [0.2, 0.25) is 0 Å². The Bertz CT molecular complexity index is 958. The van der Waals surface area contributed by atoms with Crippen LogP contribution in [0.4, 0.5) is 11.5 Å². The van der Waals surface area contributed by atoms with Crippen LogP contribution in [0.3, 0.4) is 0 Å². The van der Waals surface area contributed by atoms with Crippen LogP contribution < -0.4 is 10.6 Å². The maximum Gasteiger partial charge on any atom is 0.275 e. The van der Waals surface area contributed by atoms with Gasteiger partial charge < -0.3 is 15.2 Å². The van der Waals surface area contributed by atoms with Gasteiger partial charge in [-0.05, 0) is 56.2 Å². The summed E-state index contributed by atoms with van der Waals surface area (Å²) < 4.78 is 4.90. The fourth-order valence-corrected chi connectivity index (χ4v) is 2.54. The number of rotatable bonds is 4. The van der Waals surface area contributed by atoms with E-state index in [1.165, 1.54) is 6.07 Å². The van der Waals surface area contributed by atoms with Gasteiger partial charge in [0, 0.05) is 11.8 Å². The molecule has 2 amide bonds. The molecule has 0 saturated carbocycles. The van der Waals surface area contributed by atoms with Gasteiger partial charge in [-0.3, -0.25) is 9.59 Å². The minimum Gasteiger partial charge on any atom is -0.360 e. The Hall–Kier alpha value is -3.48. The number of aromatic nitrogens is 2. The molecule has 2 aromatic heterocycles. The van der Waals surface area contributed by atoms with Crippen LogP contribution in [0.1, 0.15) is 37.9 Å². The summed E-state index contributed by atoms with van der Waals surface area (Å²) in [6.45, 7) is 5.63. The normalized spacial score (nSPS) is 10.4. The van der Waals surface area contributed by atoms with Gasteiger partial charge in [0.25, 0.3) is 11.8 Å². The highest BCUT2D eigenvalue weighted by Gasteiger charge is 2.14. The number of hydrogen-bond donors (Lipinski definition) is 2. The first-order valence-electron chi connectivity index (χ1n) is 8.02. The Kier molecular flexibility index (Phi) is 4.79. The van der Waals surface area contributed by atoms with Crippen molar-refractivity contribution < 1.29 is 14.1 Å². The molecule has 0 fully saturated rings. The average molecular weight is 350 g/mol. The van der Waals surface area contributed by atoms with Crippen molar-refractivity contribution in [2.45, 2.75) is 20.8 Å². The third-order valence-corrected chi connectivity index (χ3v) is 3.56. The number of amides is 2. The Morgan fingerprint density at radius 2 is 1.50 bits per heavy atom. The second kappa shape index (κ2) is 7.18. The summed E-state index contributed by atoms with van der Waals surface area (Å²) in [5.41, 5.74) is 3.03. The maximum atomic E-state index is 12.4. The van der Waals surface area contributed by atoms with Gasteiger partial charge in [-0.25, -0.2) is 4.98 Å². The third kappa shape index (κ3) is 4.13. The molecular formula is C19H18N4O3. The molecule has 0 bridgehead atoms.